The van der Waals surface area contributed by atoms with Gasteiger partial charge in [-0.15, -0.1) is 5.10 Å². The number of H-pyrrole nitrogens is 1. The number of ether oxygens (including phenoxy) is 3. The number of hydrogen-bond acceptors (Lipinski definition) is 6. The van der Waals surface area contributed by atoms with Crippen molar-refractivity contribution in [2.24, 2.45) is 0 Å². The fourth-order valence-corrected chi connectivity index (χ4v) is 2.54. The number of hydrogen-bond donors (Lipinski definition) is 2. The molecule has 8 nitrogen and oxygen atoms in total. The standard InChI is InChI=1S/C18H16N4O4/c1-24-12-8-6-11(7-9-12)16-19-18(22-21-16)20-17(23)15-10-25-13-4-2-3-5-14(13)26-15/h2-9,15H,10H2,1H3,(H2,19,20,21,22,23)/t15-/m1/s1. The summed E-state index contributed by atoms with van der Waals surface area (Å²) in [5.74, 6) is 2.23. The summed E-state index contributed by atoms with van der Waals surface area (Å²) in [7, 11) is 1.60. The predicted octanol–water partition coefficient (Wildman–Crippen LogP) is 2.26. The molecule has 2 N–H and O–H groups in total. The molecule has 1 aliphatic rings. The van der Waals surface area contributed by atoms with Gasteiger partial charge in [0, 0.05) is 5.56 Å². The van der Waals surface area contributed by atoms with Gasteiger partial charge in [-0.3, -0.25) is 15.2 Å². The third kappa shape index (κ3) is 3.16. The number of para-hydroxylation sites is 2. The van der Waals surface area contributed by atoms with Gasteiger partial charge in [-0.25, -0.2) is 0 Å². The molecule has 4 rings (SSSR count). The Kier molecular flexibility index (Phi) is 4.14. The zero-order valence-corrected chi connectivity index (χ0v) is 13.9. The van der Waals surface area contributed by atoms with Crippen LogP contribution in [0.3, 0.4) is 0 Å². The zero-order valence-electron chi connectivity index (χ0n) is 13.9. The maximum Gasteiger partial charge on any atom is 0.271 e. The second-order valence-electron chi connectivity index (χ2n) is 5.59. The number of aromatic amines is 1. The summed E-state index contributed by atoms with van der Waals surface area (Å²) in [5.41, 5.74) is 0.824. The van der Waals surface area contributed by atoms with E-state index < -0.39 is 6.10 Å². The van der Waals surface area contributed by atoms with Gasteiger partial charge < -0.3 is 14.2 Å². The van der Waals surface area contributed by atoms with Crippen LogP contribution in [0, 0.1) is 0 Å². The van der Waals surface area contributed by atoms with Crippen LogP contribution in [0.4, 0.5) is 5.95 Å². The number of aromatic nitrogens is 3. The van der Waals surface area contributed by atoms with Gasteiger partial charge in [-0.1, -0.05) is 12.1 Å². The zero-order chi connectivity index (χ0) is 17.9. The highest BCUT2D eigenvalue weighted by atomic mass is 16.6. The maximum absolute atomic E-state index is 12.4. The molecule has 3 aromatic rings. The minimum Gasteiger partial charge on any atom is -0.497 e. The Labute approximate surface area is 149 Å². The lowest BCUT2D eigenvalue weighted by Crippen LogP contribution is -2.40. The quantitative estimate of drug-likeness (QED) is 0.747. The molecule has 8 heteroatoms. The molecule has 26 heavy (non-hydrogen) atoms. The highest BCUT2D eigenvalue weighted by Crippen LogP contribution is 2.31. The summed E-state index contributed by atoms with van der Waals surface area (Å²) in [6.07, 6.45) is -0.771. The topological polar surface area (TPSA) is 98.4 Å². The number of carbonyl (C=O) groups is 1. The summed E-state index contributed by atoms with van der Waals surface area (Å²) < 4.78 is 16.3. The first kappa shape index (κ1) is 15.9. The fourth-order valence-electron chi connectivity index (χ4n) is 2.54. The van der Waals surface area contributed by atoms with Crippen molar-refractivity contribution in [2.75, 3.05) is 19.0 Å². The molecular weight excluding hydrogens is 336 g/mol. The van der Waals surface area contributed by atoms with Crippen LogP contribution in [0.2, 0.25) is 0 Å². The third-order valence-electron chi connectivity index (χ3n) is 3.88. The van der Waals surface area contributed by atoms with Gasteiger partial charge in [0.1, 0.15) is 12.4 Å². The summed E-state index contributed by atoms with van der Waals surface area (Å²) in [5, 5.41) is 9.45. The molecule has 1 aliphatic heterocycles. The first-order chi connectivity index (χ1) is 12.7. The van der Waals surface area contributed by atoms with Crippen LogP contribution in [-0.4, -0.2) is 40.9 Å². The first-order valence-electron chi connectivity index (χ1n) is 7.99. The van der Waals surface area contributed by atoms with Crippen molar-refractivity contribution < 1.29 is 19.0 Å². The highest BCUT2D eigenvalue weighted by molar-refractivity contribution is 5.93. The van der Waals surface area contributed by atoms with Gasteiger partial charge in [0.2, 0.25) is 12.1 Å². The monoisotopic (exact) mass is 352 g/mol. The average molecular weight is 352 g/mol. The van der Waals surface area contributed by atoms with E-state index in [2.05, 4.69) is 20.5 Å². The van der Waals surface area contributed by atoms with E-state index in [1.807, 2.05) is 36.4 Å². The van der Waals surface area contributed by atoms with E-state index in [1.165, 1.54) is 0 Å². The van der Waals surface area contributed by atoms with E-state index in [-0.39, 0.29) is 18.5 Å². The Balaban J connectivity index is 1.43. The van der Waals surface area contributed by atoms with Gasteiger partial charge in [-0.05, 0) is 36.4 Å². The van der Waals surface area contributed by atoms with Gasteiger partial charge in [0.25, 0.3) is 5.91 Å². The number of methoxy groups -OCH3 is 1. The van der Waals surface area contributed by atoms with Crippen molar-refractivity contribution in [1.82, 2.24) is 15.2 Å². The van der Waals surface area contributed by atoms with Gasteiger partial charge in [-0.2, -0.15) is 4.98 Å². The molecule has 0 aliphatic carbocycles. The molecule has 0 bridgehead atoms. The number of fused-ring (bicyclic) bond motifs is 1. The molecule has 132 valence electrons. The Morgan fingerprint density at radius 3 is 2.73 bits per heavy atom. The molecule has 0 saturated carbocycles. The van der Waals surface area contributed by atoms with Crippen molar-refractivity contribution in [3.05, 3.63) is 48.5 Å². The van der Waals surface area contributed by atoms with Crippen molar-refractivity contribution in [2.45, 2.75) is 6.10 Å². The number of nitrogens with one attached hydrogen (secondary N) is 2. The summed E-state index contributed by atoms with van der Waals surface area (Å²) in [4.78, 5) is 16.7. The largest absolute Gasteiger partial charge is 0.497 e. The van der Waals surface area contributed by atoms with E-state index in [0.29, 0.717) is 17.3 Å². The molecular formula is C18H16N4O4. The summed E-state index contributed by atoms with van der Waals surface area (Å²) >= 11 is 0. The van der Waals surface area contributed by atoms with E-state index in [4.69, 9.17) is 14.2 Å². The molecule has 0 saturated heterocycles. The average Bonchev–Trinajstić information content (AvgIpc) is 3.16. The van der Waals surface area contributed by atoms with Crippen LogP contribution in [0.15, 0.2) is 48.5 Å². The number of carbonyl (C=O) groups excluding carboxylic acids is 1. The molecule has 0 spiro atoms. The van der Waals surface area contributed by atoms with Crippen LogP contribution in [0.5, 0.6) is 17.2 Å². The maximum atomic E-state index is 12.4. The van der Waals surface area contributed by atoms with E-state index in [9.17, 15) is 4.79 Å². The molecule has 0 radical (unpaired) electrons. The molecule has 1 atom stereocenters. The minimum atomic E-state index is -0.771. The molecule has 0 unspecified atom stereocenters. The van der Waals surface area contributed by atoms with Crippen molar-refractivity contribution in [3.63, 3.8) is 0 Å². The lowest BCUT2D eigenvalue weighted by atomic mass is 10.2. The number of amides is 1. The number of anilines is 1. The Hall–Kier alpha value is -3.55. The molecule has 1 amide bonds. The van der Waals surface area contributed by atoms with Crippen molar-refractivity contribution in [3.8, 4) is 28.6 Å². The lowest BCUT2D eigenvalue weighted by molar-refractivity contribution is -0.125. The molecule has 2 aromatic carbocycles. The molecule has 1 aromatic heterocycles. The van der Waals surface area contributed by atoms with Gasteiger partial charge in [0.05, 0.1) is 7.11 Å². The summed E-state index contributed by atoms with van der Waals surface area (Å²) in [6, 6.07) is 14.5. The van der Waals surface area contributed by atoms with Crippen LogP contribution >= 0.6 is 0 Å². The fraction of sp³-hybridized carbons (Fsp3) is 0.167. The van der Waals surface area contributed by atoms with E-state index in [1.54, 1.807) is 19.2 Å². The number of rotatable bonds is 4. The van der Waals surface area contributed by atoms with Crippen molar-refractivity contribution >= 4 is 11.9 Å². The normalized spacial score (nSPS) is 15.3. The highest BCUT2D eigenvalue weighted by Gasteiger charge is 2.28. The van der Waals surface area contributed by atoms with Crippen LogP contribution in [0.25, 0.3) is 11.4 Å². The van der Waals surface area contributed by atoms with Crippen LogP contribution < -0.4 is 19.5 Å². The number of benzene rings is 2. The Morgan fingerprint density at radius 1 is 1.19 bits per heavy atom. The number of nitrogens with zero attached hydrogens (tertiary/aromatic N) is 2. The second kappa shape index (κ2) is 6.75. The van der Waals surface area contributed by atoms with Crippen LogP contribution in [-0.2, 0) is 4.79 Å². The second-order valence-corrected chi connectivity index (χ2v) is 5.59. The van der Waals surface area contributed by atoms with E-state index in [0.717, 1.165) is 11.3 Å². The van der Waals surface area contributed by atoms with Gasteiger partial charge >= 0.3 is 0 Å². The third-order valence-corrected chi connectivity index (χ3v) is 3.88. The SMILES string of the molecule is COc1ccc(-c2nc(NC(=O)[C@H]3COc4ccccc4O3)n[nH]2)cc1. The van der Waals surface area contributed by atoms with E-state index >= 15 is 0 Å². The summed E-state index contributed by atoms with van der Waals surface area (Å²) in [6.45, 7) is 0.124. The first-order valence-corrected chi connectivity index (χ1v) is 7.99. The Bertz CT molecular complexity index is 923. The smallest absolute Gasteiger partial charge is 0.271 e. The van der Waals surface area contributed by atoms with Crippen LogP contribution in [0.1, 0.15) is 0 Å². The predicted molar refractivity (Wildman–Crippen MR) is 93.4 cm³/mol. The Morgan fingerprint density at radius 2 is 1.96 bits per heavy atom. The lowest BCUT2D eigenvalue weighted by Gasteiger charge is -2.25. The minimum absolute atomic E-state index is 0.124. The van der Waals surface area contributed by atoms with Gasteiger partial charge in [0.15, 0.2) is 17.3 Å². The molecule has 2 heterocycles. The molecule has 0 fully saturated rings. The van der Waals surface area contributed by atoms with Crippen molar-refractivity contribution in [1.29, 1.82) is 0 Å².